The highest BCUT2D eigenvalue weighted by Gasteiger charge is 2.14. The molecule has 4 aromatic carbocycles. The normalized spacial score (nSPS) is 12.4. The van der Waals surface area contributed by atoms with Crippen molar-refractivity contribution in [1.29, 1.82) is 0 Å². The standard InChI is InChI=1S/C28H25N/c1-3-9-25-19-22(11-12-23(25)7-1)20-28(15-18-29-16-5-6-17-29)27-14-13-24-8-2-4-10-26(24)21-27/h1-14,16-17,19,21,28H,15,18,20H2. The molecule has 5 aromatic rings. The minimum Gasteiger partial charge on any atom is -0.354 e. The molecule has 5 rings (SSSR count). The predicted octanol–water partition coefficient (Wildman–Crippen LogP) is 7.21. The number of hydrogen-bond acceptors (Lipinski definition) is 0. The molecule has 1 aromatic heterocycles. The van der Waals surface area contributed by atoms with E-state index in [-0.39, 0.29) is 0 Å². The van der Waals surface area contributed by atoms with Crippen molar-refractivity contribution in [2.24, 2.45) is 0 Å². The highest BCUT2D eigenvalue weighted by atomic mass is 14.9. The van der Waals surface area contributed by atoms with Crippen LogP contribution in [0.2, 0.25) is 0 Å². The Kier molecular flexibility index (Phi) is 4.88. The molecule has 0 saturated heterocycles. The fourth-order valence-electron chi connectivity index (χ4n) is 4.32. The summed E-state index contributed by atoms with van der Waals surface area (Å²) in [7, 11) is 0. The minimum absolute atomic E-state index is 0.489. The van der Waals surface area contributed by atoms with Gasteiger partial charge in [-0.2, -0.15) is 0 Å². The molecule has 1 heterocycles. The van der Waals surface area contributed by atoms with Crippen molar-refractivity contribution in [3.8, 4) is 0 Å². The van der Waals surface area contributed by atoms with Crippen LogP contribution in [0.5, 0.6) is 0 Å². The Bertz CT molecular complexity index is 1230. The van der Waals surface area contributed by atoms with E-state index < -0.39 is 0 Å². The van der Waals surface area contributed by atoms with E-state index in [4.69, 9.17) is 0 Å². The van der Waals surface area contributed by atoms with Gasteiger partial charge in [-0.1, -0.05) is 84.9 Å². The van der Waals surface area contributed by atoms with Crippen LogP contribution >= 0.6 is 0 Å². The SMILES string of the molecule is c1ccc2cc(CC(CCn3cccc3)c3ccc4ccccc4c3)ccc2c1. The molecule has 0 spiro atoms. The Morgan fingerprint density at radius 3 is 1.93 bits per heavy atom. The largest absolute Gasteiger partial charge is 0.354 e. The molecule has 0 aliphatic carbocycles. The molecule has 0 radical (unpaired) electrons. The van der Waals surface area contributed by atoms with Gasteiger partial charge in [0.05, 0.1) is 0 Å². The molecular weight excluding hydrogens is 350 g/mol. The highest BCUT2D eigenvalue weighted by Crippen LogP contribution is 2.29. The molecule has 0 saturated carbocycles. The van der Waals surface area contributed by atoms with Crippen molar-refractivity contribution in [3.05, 3.63) is 121 Å². The second-order valence-corrected chi connectivity index (χ2v) is 7.90. The molecule has 0 aliphatic heterocycles. The van der Waals surface area contributed by atoms with Crippen molar-refractivity contribution in [1.82, 2.24) is 4.57 Å². The van der Waals surface area contributed by atoms with Gasteiger partial charge in [0.15, 0.2) is 0 Å². The summed E-state index contributed by atoms with van der Waals surface area (Å²) in [6.45, 7) is 1.04. The van der Waals surface area contributed by atoms with E-state index in [0.29, 0.717) is 5.92 Å². The molecule has 0 bridgehead atoms. The van der Waals surface area contributed by atoms with Gasteiger partial charge >= 0.3 is 0 Å². The molecule has 1 nitrogen and oxygen atoms in total. The second kappa shape index (κ2) is 7.97. The Morgan fingerprint density at radius 1 is 0.586 bits per heavy atom. The van der Waals surface area contributed by atoms with E-state index in [0.717, 1.165) is 19.4 Å². The van der Waals surface area contributed by atoms with E-state index in [1.54, 1.807) is 0 Å². The van der Waals surface area contributed by atoms with Crippen LogP contribution in [0.3, 0.4) is 0 Å². The van der Waals surface area contributed by atoms with Crippen LogP contribution < -0.4 is 0 Å². The third kappa shape index (κ3) is 3.95. The summed E-state index contributed by atoms with van der Waals surface area (Å²) < 4.78 is 2.29. The topological polar surface area (TPSA) is 4.93 Å². The predicted molar refractivity (Wildman–Crippen MR) is 123 cm³/mol. The molecule has 1 heteroatoms. The van der Waals surface area contributed by atoms with Gasteiger partial charge < -0.3 is 4.57 Å². The summed E-state index contributed by atoms with van der Waals surface area (Å²) in [4.78, 5) is 0. The van der Waals surface area contributed by atoms with Gasteiger partial charge in [-0.25, -0.2) is 0 Å². The van der Waals surface area contributed by atoms with E-state index in [2.05, 4.69) is 114 Å². The van der Waals surface area contributed by atoms with Crippen molar-refractivity contribution in [2.45, 2.75) is 25.3 Å². The quantitative estimate of drug-likeness (QED) is 0.295. The zero-order valence-corrected chi connectivity index (χ0v) is 16.5. The zero-order chi connectivity index (χ0) is 19.5. The number of rotatable bonds is 6. The van der Waals surface area contributed by atoms with Crippen molar-refractivity contribution in [2.75, 3.05) is 0 Å². The first-order chi connectivity index (χ1) is 14.3. The second-order valence-electron chi connectivity index (χ2n) is 7.90. The molecular formula is C28H25N. The fourth-order valence-corrected chi connectivity index (χ4v) is 4.32. The molecule has 0 fully saturated rings. The average molecular weight is 376 g/mol. The number of fused-ring (bicyclic) bond motifs is 2. The number of benzene rings is 4. The Hall–Kier alpha value is -3.32. The fraction of sp³-hybridized carbons (Fsp3) is 0.143. The van der Waals surface area contributed by atoms with Gasteiger partial charge in [0.2, 0.25) is 0 Å². The monoisotopic (exact) mass is 375 g/mol. The van der Waals surface area contributed by atoms with Gasteiger partial charge in [0.25, 0.3) is 0 Å². The molecule has 142 valence electrons. The van der Waals surface area contributed by atoms with E-state index in [1.807, 2.05) is 0 Å². The van der Waals surface area contributed by atoms with Gasteiger partial charge in [-0.3, -0.25) is 0 Å². The molecule has 0 N–H and O–H groups in total. The smallest absolute Gasteiger partial charge is 0.0225 e. The third-order valence-corrected chi connectivity index (χ3v) is 5.94. The van der Waals surface area contributed by atoms with Gasteiger partial charge in [0.1, 0.15) is 0 Å². The van der Waals surface area contributed by atoms with Crippen LogP contribution in [0.1, 0.15) is 23.5 Å². The lowest BCUT2D eigenvalue weighted by atomic mass is 9.87. The summed E-state index contributed by atoms with van der Waals surface area (Å²) in [5, 5.41) is 5.28. The Balaban J connectivity index is 1.47. The van der Waals surface area contributed by atoms with Crippen LogP contribution in [0.15, 0.2) is 109 Å². The first-order valence-corrected chi connectivity index (χ1v) is 10.4. The maximum atomic E-state index is 2.39. The van der Waals surface area contributed by atoms with Crippen LogP contribution in [0.25, 0.3) is 21.5 Å². The average Bonchev–Trinajstić information content (AvgIpc) is 3.30. The third-order valence-electron chi connectivity index (χ3n) is 5.94. The van der Waals surface area contributed by atoms with Crippen LogP contribution in [-0.4, -0.2) is 4.57 Å². The van der Waals surface area contributed by atoms with Gasteiger partial charge in [0, 0.05) is 18.9 Å². The molecule has 29 heavy (non-hydrogen) atoms. The van der Waals surface area contributed by atoms with Crippen molar-refractivity contribution in [3.63, 3.8) is 0 Å². The Morgan fingerprint density at radius 2 is 1.21 bits per heavy atom. The summed E-state index contributed by atoms with van der Waals surface area (Å²) in [5.41, 5.74) is 2.85. The van der Waals surface area contributed by atoms with E-state index in [1.165, 1.54) is 32.7 Å². The molecule has 1 atom stereocenters. The summed E-state index contributed by atoms with van der Waals surface area (Å²) in [6, 6.07) is 35.4. The van der Waals surface area contributed by atoms with Crippen molar-refractivity contribution < 1.29 is 0 Å². The number of aromatic nitrogens is 1. The van der Waals surface area contributed by atoms with Crippen LogP contribution in [0, 0.1) is 0 Å². The van der Waals surface area contributed by atoms with E-state index >= 15 is 0 Å². The van der Waals surface area contributed by atoms with Crippen molar-refractivity contribution >= 4 is 21.5 Å². The number of aryl methyl sites for hydroxylation is 1. The van der Waals surface area contributed by atoms with Gasteiger partial charge in [-0.05, 0) is 63.6 Å². The lowest BCUT2D eigenvalue weighted by Crippen LogP contribution is -2.07. The number of hydrogen-bond donors (Lipinski definition) is 0. The first-order valence-electron chi connectivity index (χ1n) is 10.4. The minimum atomic E-state index is 0.489. The van der Waals surface area contributed by atoms with Crippen LogP contribution in [0.4, 0.5) is 0 Å². The van der Waals surface area contributed by atoms with Crippen LogP contribution in [-0.2, 0) is 13.0 Å². The highest BCUT2D eigenvalue weighted by molar-refractivity contribution is 5.84. The summed E-state index contributed by atoms with van der Waals surface area (Å²) in [5.74, 6) is 0.489. The molecule has 0 aliphatic rings. The lowest BCUT2D eigenvalue weighted by molar-refractivity contribution is 0.546. The number of nitrogens with zero attached hydrogens (tertiary/aromatic N) is 1. The molecule has 1 unspecified atom stereocenters. The maximum Gasteiger partial charge on any atom is 0.0225 e. The first kappa shape index (κ1) is 17.8. The molecule has 0 amide bonds. The zero-order valence-electron chi connectivity index (χ0n) is 16.5. The van der Waals surface area contributed by atoms with Gasteiger partial charge in [-0.15, -0.1) is 0 Å². The van der Waals surface area contributed by atoms with E-state index in [9.17, 15) is 0 Å². The summed E-state index contributed by atoms with van der Waals surface area (Å²) >= 11 is 0. The lowest BCUT2D eigenvalue weighted by Gasteiger charge is -2.19. The summed E-state index contributed by atoms with van der Waals surface area (Å²) in [6.07, 6.45) is 6.51. The Labute approximate surface area is 172 Å². The maximum absolute atomic E-state index is 2.39.